The average Bonchev–Trinajstić information content (AvgIpc) is 2.27. The van der Waals surface area contributed by atoms with Crippen molar-refractivity contribution in [1.82, 2.24) is 5.32 Å². The minimum atomic E-state index is -4.31. The highest BCUT2D eigenvalue weighted by Crippen LogP contribution is 2.41. The van der Waals surface area contributed by atoms with Gasteiger partial charge >= 0.3 is 6.18 Å². The summed E-state index contributed by atoms with van der Waals surface area (Å²) >= 11 is 0. The van der Waals surface area contributed by atoms with Crippen molar-refractivity contribution in [3.05, 3.63) is 29.3 Å². The number of nitrogens with one attached hydrogen (secondary N) is 1. The first-order valence-corrected chi connectivity index (χ1v) is 5.65. The van der Waals surface area contributed by atoms with Gasteiger partial charge in [0.05, 0.1) is 5.56 Å². The van der Waals surface area contributed by atoms with Crippen LogP contribution in [0.3, 0.4) is 0 Å². The molecule has 0 radical (unpaired) electrons. The Bertz CT molecular complexity index is 444. The first-order valence-electron chi connectivity index (χ1n) is 5.65. The maximum absolute atomic E-state index is 12.6. The molecule has 2 atom stereocenters. The number of benzene rings is 1. The minimum absolute atomic E-state index is 0.0530. The number of rotatable bonds is 0. The number of halogens is 3. The molecule has 2 heterocycles. The van der Waals surface area contributed by atoms with E-state index in [0.29, 0.717) is 5.75 Å². The van der Waals surface area contributed by atoms with E-state index >= 15 is 0 Å². The van der Waals surface area contributed by atoms with Crippen LogP contribution in [0.2, 0.25) is 0 Å². The molecule has 0 spiro atoms. The normalized spacial score (nSPS) is 27.2. The van der Waals surface area contributed by atoms with E-state index in [1.165, 1.54) is 6.07 Å². The Morgan fingerprint density at radius 2 is 2.12 bits per heavy atom. The van der Waals surface area contributed by atoms with Gasteiger partial charge in [0.25, 0.3) is 0 Å². The summed E-state index contributed by atoms with van der Waals surface area (Å²) < 4.78 is 43.3. The Balaban J connectivity index is 2.01. The zero-order valence-electron chi connectivity index (χ0n) is 9.05. The molecule has 1 fully saturated rings. The fourth-order valence-electron chi connectivity index (χ4n) is 2.51. The fourth-order valence-corrected chi connectivity index (χ4v) is 2.51. The summed E-state index contributed by atoms with van der Waals surface area (Å²) in [5, 5.41) is 3.30. The molecule has 0 amide bonds. The van der Waals surface area contributed by atoms with Crippen molar-refractivity contribution in [2.24, 2.45) is 0 Å². The molecule has 0 aromatic heterocycles. The Morgan fingerprint density at radius 1 is 1.29 bits per heavy atom. The van der Waals surface area contributed by atoms with Crippen LogP contribution in [-0.4, -0.2) is 12.6 Å². The van der Waals surface area contributed by atoms with Gasteiger partial charge in [-0.2, -0.15) is 13.2 Å². The van der Waals surface area contributed by atoms with Crippen LogP contribution in [0.5, 0.6) is 5.75 Å². The van der Waals surface area contributed by atoms with E-state index in [4.69, 9.17) is 4.74 Å². The van der Waals surface area contributed by atoms with E-state index in [9.17, 15) is 13.2 Å². The number of fused-ring (bicyclic) bond motifs is 4. The van der Waals surface area contributed by atoms with Crippen LogP contribution < -0.4 is 10.1 Å². The Labute approximate surface area is 96.8 Å². The van der Waals surface area contributed by atoms with Crippen LogP contribution in [0, 0.1) is 0 Å². The van der Waals surface area contributed by atoms with Gasteiger partial charge in [-0.25, -0.2) is 0 Å². The summed E-state index contributed by atoms with van der Waals surface area (Å²) in [5.74, 6) is 0.383. The molecule has 0 aliphatic carbocycles. The predicted octanol–water partition coefficient (Wildman–Crippen LogP) is 2.89. The summed E-state index contributed by atoms with van der Waals surface area (Å²) in [6.45, 7) is 0.857. The Kier molecular flexibility index (Phi) is 2.33. The Hall–Kier alpha value is -1.23. The van der Waals surface area contributed by atoms with Gasteiger partial charge in [0, 0.05) is 18.0 Å². The number of piperidine rings is 1. The van der Waals surface area contributed by atoms with Crippen molar-refractivity contribution in [3.63, 3.8) is 0 Å². The predicted molar refractivity (Wildman–Crippen MR) is 55.8 cm³/mol. The summed E-state index contributed by atoms with van der Waals surface area (Å²) in [7, 11) is 0. The first kappa shape index (κ1) is 10.9. The first-order chi connectivity index (χ1) is 8.04. The largest absolute Gasteiger partial charge is 0.490 e. The van der Waals surface area contributed by atoms with Crippen molar-refractivity contribution >= 4 is 0 Å². The number of alkyl halides is 3. The number of hydrogen-bond donors (Lipinski definition) is 1. The lowest BCUT2D eigenvalue weighted by atomic mass is 9.91. The quantitative estimate of drug-likeness (QED) is 0.756. The molecule has 2 aliphatic rings. The highest BCUT2D eigenvalue weighted by Gasteiger charge is 2.35. The van der Waals surface area contributed by atoms with Gasteiger partial charge < -0.3 is 10.1 Å². The standard InChI is InChI=1S/C12H12F3NO/c13-12(14,15)7-1-2-9-10-6-8(3-4-16-10)17-11(9)5-7/h1-2,5,8,10,16H,3-4,6H2/t8-,10+/m0/s1. The molecule has 2 nitrogen and oxygen atoms in total. The lowest BCUT2D eigenvalue weighted by Gasteiger charge is -2.37. The van der Waals surface area contributed by atoms with Gasteiger partial charge in [0.2, 0.25) is 0 Å². The molecule has 3 rings (SSSR count). The minimum Gasteiger partial charge on any atom is -0.490 e. The van der Waals surface area contributed by atoms with Gasteiger partial charge in [-0.15, -0.1) is 0 Å². The number of ether oxygens (including phenoxy) is 1. The topological polar surface area (TPSA) is 21.3 Å². The van der Waals surface area contributed by atoms with Crippen LogP contribution in [0.15, 0.2) is 18.2 Å². The third-order valence-electron chi connectivity index (χ3n) is 3.37. The molecule has 0 unspecified atom stereocenters. The van der Waals surface area contributed by atoms with E-state index in [1.54, 1.807) is 0 Å². The third kappa shape index (κ3) is 1.88. The summed E-state index contributed by atoms with van der Waals surface area (Å²) in [6, 6.07) is 3.90. The van der Waals surface area contributed by atoms with Gasteiger partial charge in [0.15, 0.2) is 0 Å². The van der Waals surface area contributed by atoms with Crippen molar-refractivity contribution in [1.29, 1.82) is 0 Å². The molecule has 1 aromatic carbocycles. The van der Waals surface area contributed by atoms with Gasteiger partial charge in [0.1, 0.15) is 11.9 Å². The molecule has 1 aromatic rings. The highest BCUT2D eigenvalue weighted by molar-refractivity contribution is 5.42. The fraction of sp³-hybridized carbons (Fsp3) is 0.500. The van der Waals surface area contributed by atoms with Gasteiger partial charge in [-0.05, 0) is 25.1 Å². The number of hydrogen-bond acceptors (Lipinski definition) is 2. The van der Waals surface area contributed by atoms with E-state index in [1.807, 2.05) is 0 Å². The summed E-state index contributed by atoms with van der Waals surface area (Å²) in [5.41, 5.74) is 0.199. The highest BCUT2D eigenvalue weighted by atomic mass is 19.4. The van der Waals surface area contributed by atoms with Crippen molar-refractivity contribution in [2.45, 2.75) is 31.2 Å². The molecule has 2 bridgehead atoms. The molecule has 17 heavy (non-hydrogen) atoms. The molecular formula is C12H12F3NO. The van der Waals surface area contributed by atoms with E-state index < -0.39 is 11.7 Å². The molecule has 92 valence electrons. The second-order valence-electron chi connectivity index (χ2n) is 4.52. The van der Waals surface area contributed by atoms with E-state index in [0.717, 1.165) is 37.1 Å². The maximum atomic E-state index is 12.6. The van der Waals surface area contributed by atoms with Crippen LogP contribution in [0.25, 0.3) is 0 Å². The molecule has 0 saturated carbocycles. The van der Waals surface area contributed by atoms with Gasteiger partial charge in [-0.1, -0.05) is 6.07 Å². The SMILES string of the molecule is FC(F)(F)c1ccc2c(c1)O[C@H]1CCN[C@@H]2C1. The third-order valence-corrected chi connectivity index (χ3v) is 3.37. The van der Waals surface area contributed by atoms with Gasteiger partial charge in [-0.3, -0.25) is 0 Å². The summed E-state index contributed by atoms with van der Waals surface area (Å²) in [6.07, 6.45) is -2.56. The second kappa shape index (κ2) is 3.63. The lowest BCUT2D eigenvalue weighted by Crippen LogP contribution is -2.40. The van der Waals surface area contributed by atoms with Crippen LogP contribution in [0.1, 0.15) is 30.0 Å². The zero-order chi connectivity index (χ0) is 12.0. The average molecular weight is 243 g/mol. The van der Waals surface area contributed by atoms with Crippen LogP contribution in [-0.2, 0) is 6.18 Å². The molecule has 2 aliphatic heterocycles. The van der Waals surface area contributed by atoms with E-state index in [2.05, 4.69) is 5.32 Å². The molecule has 5 heteroatoms. The summed E-state index contributed by atoms with van der Waals surface area (Å²) in [4.78, 5) is 0. The second-order valence-corrected chi connectivity index (χ2v) is 4.52. The Morgan fingerprint density at radius 3 is 2.88 bits per heavy atom. The molecule has 1 saturated heterocycles. The monoisotopic (exact) mass is 243 g/mol. The molecular weight excluding hydrogens is 231 g/mol. The molecule has 1 N–H and O–H groups in total. The maximum Gasteiger partial charge on any atom is 0.416 e. The van der Waals surface area contributed by atoms with E-state index in [-0.39, 0.29) is 12.1 Å². The van der Waals surface area contributed by atoms with Crippen molar-refractivity contribution in [2.75, 3.05) is 6.54 Å². The van der Waals surface area contributed by atoms with Crippen molar-refractivity contribution in [3.8, 4) is 5.75 Å². The van der Waals surface area contributed by atoms with Crippen LogP contribution >= 0.6 is 0 Å². The lowest BCUT2D eigenvalue weighted by molar-refractivity contribution is -0.137. The smallest absolute Gasteiger partial charge is 0.416 e. The van der Waals surface area contributed by atoms with Crippen molar-refractivity contribution < 1.29 is 17.9 Å². The van der Waals surface area contributed by atoms with Crippen LogP contribution in [0.4, 0.5) is 13.2 Å². The zero-order valence-corrected chi connectivity index (χ0v) is 9.05.